The van der Waals surface area contributed by atoms with Gasteiger partial charge in [0.2, 0.25) is 0 Å². The van der Waals surface area contributed by atoms with Crippen LogP contribution in [0.5, 0.6) is 0 Å². The lowest BCUT2D eigenvalue weighted by atomic mass is 9.95. The van der Waals surface area contributed by atoms with Crippen LogP contribution in [0.2, 0.25) is 0 Å². The van der Waals surface area contributed by atoms with Crippen LogP contribution in [0.15, 0.2) is 18.2 Å². The Kier molecular flexibility index (Phi) is 5.23. The summed E-state index contributed by atoms with van der Waals surface area (Å²) in [6.45, 7) is 4.39. The van der Waals surface area contributed by atoms with Gasteiger partial charge in [-0.05, 0) is 49.9 Å². The second-order valence-electron chi connectivity index (χ2n) is 6.25. The highest BCUT2D eigenvalue weighted by atomic mass is 16.3. The Labute approximate surface area is 126 Å². The number of aryl methyl sites for hydroxylation is 2. The van der Waals surface area contributed by atoms with Crippen LogP contribution in [0.4, 0.5) is 10.5 Å². The van der Waals surface area contributed by atoms with E-state index in [-0.39, 0.29) is 6.03 Å². The first-order valence-corrected chi connectivity index (χ1v) is 7.83. The van der Waals surface area contributed by atoms with Crippen molar-refractivity contribution in [3.8, 4) is 0 Å². The van der Waals surface area contributed by atoms with Crippen molar-refractivity contribution in [1.29, 1.82) is 0 Å². The molecule has 0 aromatic heterocycles. The molecule has 2 amide bonds. The summed E-state index contributed by atoms with van der Waals surface area (Å²) in [5, 5.41) is 16.1. The van der Waals surface area contributed by atoms with Crippen LogP contribution in [-0.2, 0) is 0 Å². The second kappa shape index (κ2) is 6.94. The fourth-order valence-electron chi connectivity index (χ4n) is 2.80. The van der Waals surface area contributed by atoms with E-state index in [4.69, 9.17) is 0 Å². The molecule has 0 spiro atoms. The highest BCUT2D eigenvalue weighted by Crippen LogP contribution is 2.26. The summed E-state index contributed by atoms with van der Waals surface area (Å²) in [7, 11) is 0. The molecule has 4 heteroatoms. The molecule has 1 saturated carbocycles. The number of hydrogen-bond donors (Lipinski definition) is 3. The Morgan fingerprint density at radius 3 is 2.43 bits per heavy atom. The van der Waals surface area contributed by atoms with Crippen LogP contribution in [0, 0.1) is 13.8 Å². The number of carbonyl (C=O) groups is 1. The van der Waals surface area contributed by atoms with Crippen LogP contribution >= 0.6 is 0 Å². The average molecular weight is 290 g/mol. The van der Waals surface area contributed by atoms with Crippen molar-refractivity contribution in [3.05, 3.63) is 29.3 Å². The normalized spacial score (nSPS) is 17.9. The molecule has 0 atom stereocenters. The minimum atomic E-state index is -0.739. The van der Waals surface area contributed by atoms with Crippen molar-refractivity contribution in [2.75, 3.05) is 11.9 Å². The number of urea groups is 1. The second-order valence-corrected chi connectivity index (χ2v) is 6.25. The topological polar surface area (TPSA) is 61.4 Å². The minimum Gasteiger partial charge on any atom is -0.388 e. The molecule has 0 radical (unpaired) electrons. The van der Waals surface area contributed by atoms with Crippen molar-refractivity contribution < 1.29 is 9.90 Å². The quantitative estimate of drug-likeness (QED) is 0.746. The van der Waals surface area contributed by atoms with Gasteiger partial charge in [-0.2, -0.15) is 0 Å². The van der Waals surface area contributed by atoms with Gasteiger partial charge in [-0.1, -0.05) is 31.7 Å². The van der Waals surface area contributed by atoms with Gasteiger partial charge in [0.25, 0.3) is 0 Å². The Morgan fingerprint density at radius 2 is 1.81 bits per heavy atom. The van der Waals surface area contributed by atoms with Crippen molar-refractivity contribution >= 4 is 11.7 Å². The fraction of sp³-hybridized carbons (Fsp3) is 0.588. The molecular formula is C17H26N2O2. The lowest BCUT2D eigenvalue weighted by Crippen LogP contribution is -2.44. The van der Waals surface area contributed by atoms with E-state index < -0.39 is 5.60 Å². The standard InChI is InChI=1S/C17H26N2O2/c1-13-7-8-15(11-14(13)2)19-16(20)18-12-17(21)9-5-3-4-6-10-17/h7-8,11,21H,3-6,9-10,12H2,1-2H3,(H2,18,19,20). The predicted octanol–water partition coefficient (Wildman–Crippen LogP) is 3.51. The van der Waals surface area contributed by atoms with Gasteiger partial charge < -0.3 is 15.7 Å². The van der Waals surface area contributed by atoms with Crippen molar-refractivity contribution in [1.82, 2.24) is 5.32 Å². The summed E-state index contributed by atoms with van der Waals surface area (Å²) in [6, 6.07) is 5.58. The Bertz CT molecular complexity index is 492. The molecule has 0 saturated heterocycles. The van der Waals surface area contributed by atoms with Crippen LogP contribution in [0.25, 0.3) is 0 Å². The van der Waals surface area contributed by atoms with E-state index in [1.165, 1.54) is 18.4 Å². The van der Waals surface area contributed by atoms with Gasteiger partial charge in [0.05, 0.1) is 5.60 Å². The third-order valence-corrected chi connectivity index (χ3v) is 4.38. The van der Waals surface area contributed by atoms with Gasteiger partial charge in [-0.15, -0.1) is 0 Å². The van der Waals surface area contributed by atoms with Gasteiger partial charge in [0.1, 0.15) is 0 Å². The van der Waals surface area contributed by atoms with Crippen LogP contribution in [0.3, 0.4) is 0 Å². The van der Waals surface area contributed by atoms with Crippen LogP contribution in [0.1, 0.15) is 49.7 Å². The summed E-state index contributed by atoms with van der Waals surface area (Å²) in [5.41, 5.74) is 2.39. The number of aliphatic hydroxyl groups is 1. The van der Waals surface area contributed by atoms with Crippen molar-refractivity contribution in [3.63, 3.8) is 0 Å². The molecule has 3 N–H and O–H groups in total. The van der Waals surface area contributed by atoms with Gasteiger partial charge in [-0.3, -0.25) is 0 Å². The van der Waals surface area contributed by atoms with Crippen molar-refractivity contribution in [2.24, 2.45) is 0 Å². The molecule has 1 aromatic carbocycles. The molecule has 1 aromatic rings. The zero-order chi connectivity index (χ0) is 15.3. The number of nitrogens with one attached hydrogen (secondary N) is 2. The Hall–Kier alpha value is -1.55. The number of benzene rings is 1. The van der Waals surface area contributed by atoms with Gasteiger partial charge in [0, 0.05) is 12.2 Å². The largest absolute Gasteiger partial charge is 0.388 e. The molecule has 0 unspecified atom stereocenters. The van der Waals surface area contributed by atoms with Crippen molar-refractivity contribution in [2.45, 2.75) is 58.0 Å². The zero-order valence-electron chi connectivity index (χ0n) is 13.0. The molecule has 1 fully saturated rings. The number of rotatable bonds is 3. The molecule has 0 heterocycles. The molecule has 1 aliphatic carbocycles. The van der Waals surface area contributed by atoms with E-state index in [1.807, 2.05) is 32.0 Å². The molecule has 21 heavy (non-hydrogen) atoms. The van der Waals surface area contributed by atoms with E-state index in [1.54, 1.807) is 0 Å². The van der Waals surface area contributed by atoms with E-state index in [0.717, 1.165) is 36.9 Å². The van der Waals surface area contributed by atoms with Gasteiger partial charge in [-0.25, -0.2) is 4.79 Å². The number of amides is 2. The van der Waals surface area contributed by atoms with E-state index in [2.05, 4.69) is 10.6 Å². The van der Waals surface area contributed by atoms with Crippen LogP contribution < -0.4 is 10.6 Å². The fourth-order valence-corrected chi connectivity index (χ4v) is 2.80. The molecule has 116 valence electrons. The van der Waals surface area contributed by atoms with E-state index in [9.17, 15) is 9.90 Å². The average Bonchev–Trinajstić information content (AvgIpc) is 2.66. The monoisotopic (exact) mass is 290 g/mol. The zero-order valence-corrected chi connectivity index (χ0v) is 13.0. The first kappa shape index (κ1) is 15.8. The highest BCUT2D eigenvalue weighted by molar-refractivity contribution is 5.89. The summed E-state index contributed by atoms with van der Waals surface area (Å²) in [4.78, 5) is 11.9. The molecule has 2 rings (SSSR count). The molecule has 4 nitrogen and oxygen atoms in total. The predicted molar refractivity (Wildman–Crippen MR) is 85.6 cm³/mol. The van der Waals surface area contributed by atoms with Gasteiger partial charge >= 0.3 is 6.03 Å². The number of hydrogen-bond acceptors (Lipinski definition) is 2. The maximum atomic E-state index is 11.9. The maximum absolute atomic E-state index is 11.9. The molecular weight excluding hydrogens is 264 g/mol. The molecule has 0 bridgehead atoms. The third kappa shape index (κ3) is 4.74. The van der Waals surface area contributed by atoms with Crippen LogP contribution in [-0.4, -0.2) is 23.3 Å². The third-order valence-electron chi connectivity index (χ3n) is 4.38. The molecule has 1 aliphatic rings. The Balaban J connectivity index is 1.85. The smallest absolute Gasteiger partial charge is 0.319 e. The lowest BCUT2D eigenvalue weighted by molar-refractivity contribution is 0.0281. The summed E-state index contributed by atoms with van der Waals surface area (Å²) in [5.74, 6) is 0. The summed E-state index contributed by atoms with van der Waals surface area (Å²) < 4.78 is 0. The van der Waals surface area contributed by atoms with E-state index in [0.29, 0.717) is 6.54 Å². The molecule has 0 aliphatic heterocycles. The first-order valence-electron chi connectivity index (χ1n) is 7.83. The SMILES string of the molecule is Cc1ccc(NC(=O)NCC2(O)CCCCCC2)cc1C. The van der Waals surface area contributed by atoms with E-state index >= 15 is 0 Å². The summed E-state index contributed by atoms with van der Waals surface area (Å²) >= 11 is 0. The lowest BCUT2D eigenvalue weighted by Gasteiger charge is -2.26. The van der Waals surface area contributed by atoms with Gasteiger partial charge in [0.15, 0.2) is 0 Å². The summed E-state index contributed by atoms with van der Waals surface area (Å²) in [6.07, 6.45) is 5.98. The number of anilines is 1. The maximum Gasteiger partial charge on any atom is 0.319 e. The Morgan fingerprint density at radius 1 is 1.14 bits per heavy atom. The highest BCUT2D eigenvalue weighted by Gasteiger charge is 2.28. The minimum absolute atomic E-state index is 0.254. The first-order chi connectivity index (χ1) is 9.98. The number of carbonyl (C=O) groups excluding carboxylic acids is 1.